The molecule has 0 aliphatic heterocycles. The van der Waals surface area contributed by atoms with E-state index in [0.717, 1.165) is 28.8 Å². The lowest BCUT2D eigenvalue weighted by molar-refractivity contribution is 0.620. The van der Waals surface area contributed by atoms with Gasteiger partial charge in [-0.3, -0.25) is 10.8 Å². The highest BCUT2D eigenvalue weighted by Crippen LogP contribution is 2.29. The lowest BCUT2D eigenvalue weighted by Crippen LogP contribution is -2.11. The Balaban J connectivity index is 2.88. The minimum absolute atomic E-state index is 0.237. The molecule has 0 saturated carbocycles. The molecule has 0 spiro atoms. The molecule has 2 rings (SSSR count). The molecule has 3 nitrogen and oxygen atoms in total. The molecule has 0 bridgehead atoms. The molecular weight excluding hydrogens is 217 g/mol. The van der Waals surface area contributed by atoms with E-state index in [4.69, 9.17) is 5.84 Å². The first-order chi connectivity index (χ1) is 8.08. The quantitative estimate of drug-likeness (QED) is 0.619. The van der Waals surface area contributed by atoms with Crippen molar-refractivity contribution in [2.45, 2.75) is 27.2 Å². The van der Waals surface area contributed by atoms with Crippen LogP contribution in [0.4, 0.5) is 10.1 Å². The number of aromatic nitrogens is 1. The molecule has 1 heterocycles. The van der Waals surface area contributed by atoms with Crippen molar-refractivity contribution in [2.75, 3.05) is 5.43 Å². The highest BCUT2D eigenvalue weighted by Gasteiger charge is 2.11. The molecule has 0 fully saturated rings. The third-order valence-electron chi connectivity index (χ3n) is 3.09. The van der Waals surface area contributed by atoms with E-state index in [1.807, 2.05) is 13.8 Å². The van der Waals surface area contributed by atoms with Gasteiger partial charge in [-0.2, -0.15) is 0 Å². The maximum Gasteiger partial charge on any atom is 0.128 e. The van der Waals surface area contributed by atoms with Crippen molar-refractivity contribution in [1.82, 2.24) is 4.98 Å². The Morgan fingerprint density at radius 3 is 2.65 bits per heavy atom. The summed E-state index contributed by atoms with van der Waals surface area (Å²) in [6.45, 7) is 5.73. The molecule has 0 amide bonds. The minimum atomic E-state index is -0.237. The van der Waals surface area contributed by atoms with Crippen molar-refractivity contribution in [3.05, 3.63) is 34.8 Å². The fourth-order valence-electron chi connectivity index (χ4n) is 2.07. The third-order valence-corrected chi connectivity index (χ3v) is 3.09. The summed E-state index contributed by atoms with van der Waals surface area (Å²) in [5.41, 5.74) is 6.73. The van der Waals surface area contributed by atoms with E-state index >= 15 is 0 Å². The number of nitrogens with two attached hydrogens (primary N) is 1. The van der Waals surface area contributed by atoms with Crippen molar-refractivity contribution < 1.29 is 4.39 Å². The zero-order chi connectivity index (χ0) is 12.6. The Morgan fingerprint density at radius 1 is 1.35 bits per heavy atom. The average Bonchev–Trinajstić information content (AvgIpc) is 2.31. The van der Waals surface area contributed by atoms with Crippen LogP contribution in [-0.2, 0) is 6.42 Å². The predicted octanol–water partition coefficient (Wildman–Crippen LogP) is 2.84. The molecule has 0 atom stereocenters. The largest absolute Gasteiger partial charge is 0.323 e. The van der Waals surface area contributed by atoms with Gasteiger partial charge in [0.15, 0.2) is 0 Å². The normalized spacial score (nSPS) is 10.9. The smallest absolute Gasteiger partial charge is 0.128 e. The van der Waals surface area contributed by atoms with Crippen LogP contribution in [0.3, 0.4) is 0 Å². The number of hydrogen-bond donors (Lipinski definition) is 2. The van der Waals surface area contributed by atoms with Gasteiger partial charge in [0, 0.05) is 17.1 Å². The van der Waals surface area contributed by atoms with Crippen molar-refractivity contribution in [1.29, 1.82) is 0 Å². The van der Waals surface area contributed by atoms with Gasteiger partial charge in [0.05, 0.1) is 11.2 Å². The van der Waals surface area contributed by atoms with Gasteiger partial charge in [0.25, 0.3) is 0 Å². The molecular formula is C13H16FN3. The molecule has 90 valence electrons. The number of nitrogens with zero attached hydrogens (tertiary/aromatic N) is 1. The number of nitrogen functional groups attached to an aromatic ring is 1. The molecule has 3 N–H and O–H groups in total. The van der Waals surface area contributed by atoms with Crippen LogP contribution in [0.25, 0.3) is 10.9 Å². The van der Waals surface area contributed by atoms with Crippen LogP contribution in [0.5, 0.6) is 0 Å². The number of pyridine rings is 1. The van der Waals surface area contributed by atoms with Gasteiger partial charge < -0.3 is 5.43 Å². The fourth-order valence-corrected chi connectivity index (χ4v) is 2.07. The van der Waals surface area contributed by atoms with Gasteiger partial charge in [0.2, 0.25) is 0 Å². The Labute approximate surface area is 99.8 Å². The second kappa shape index (κ2) is 4.30. The summed E-state index contributed by atoms with van der Waals surface area (Å²) in [4.78, 5) is 4.47. The molecule has 17 heavy (non-hydrogen) atoms. The van der Waals surface area contributed by atoms with Crippen LogP contribution in [0.15, 0.2) is 12.1 Å². The molecule has 4 heteroatoms. The number of anilines is 1. The number of hydrazine groups is 1. The zero-order valence-corrected chi connectivity index (χ0v) is 10.3. The first-order valence-electron chi connectivity index (χ1n) is 5.64. The molecule has 0 radical (unpaired) electrons. The molecule has 0 aliphatic rings. The third kappa shape index (κ3) is 1.85. The molecule has 0 unspecified atom stereocenters. The van der Waals surface area contributed by atoms with Crippen LogP contribution in [-0.4, -0.2) is 4.98 Å². The first-order valence-corrected chi connectivity index (χ1v) is 5.64. The number of benzene rings is 1. The van der Waals surface area contributed by atoms with Crippen molar-refractivity contribution in [2.24, 2.45) is 5.84 Å². The lowest BCUT2D eigenvalue weighted by atomic mass is 10.0. The molecule has 1 aromatic heterocycles. The van der Waals surface area contributed by atoms with E-state index in [9.17, 15) is 4.39 Å². The number of nitrogens with one attached hydrogen (secondary N) is 1. The first kappa shape index (κ1) is 11.8. The predicted molar refractivity (Wildman–Crippen MR) is 68.4 cm³/mol. The summed E-state index contributed by atoms with van der Waals surface area (Å²) < 4.78 is 13.5. The van der Waals surface area contributed by atoms with E-state index in [1.165, 1.54) is 6.07 Å². The van der Waals surface area contributed by atoms with Crippen LogP contribution in [0, 0.1) is 19.7 Å². The highest BCUT2D eigenvalue weighted by molar-refractivity contribution is 5.93. The van der Waals surface area contributed by atoms with Crippen LogP contribution >= 0.6 is 0 Å². The Morgan fingerprint density at radius 2 is 2.06 bits per heavy atom. The standard InChI is InChI=1S/C13H16FN3/c1-4-11-8(3)13(17-15)9-5-7(2)10(14)6-12(9)16-11/h5-6H,4,15H2,1-3H3,(H,16,17). The van der Waals surface area contributed by atoms with Crippen LogP contribution < -0.4 is 11.3 Å². The van der Waals surface area contributed by atoms with E-state index < -0.39 is 0 Å². The molecule has 0 saturated heterocycles. The van der Waals surface area contributed by atoms with E-state index in [1.54, 1.807) is 13.0 Å². The second-order valence-electron chi connectivity index (χ2n) is 4.17. The summed E-state index contributed by atoms with van der Waals surface area (Å²) in [6, 6.07) is 3.24. The fraction of sp³-hybridized carbons (Fsp3) is 0.308. The minimum Gasteiger partial charge on any atom is -0.323 e. The SMILES string of the molecule is CCc1nc2cc(F)c(C)cc2c(NN)c1C. The molecule has 1 aromatic carbocycles. The summed E-state index contributed by atoms with van der Waals surface area (Å²) >= 11 is 0. The lowest BCUT2D eigenvalue weighted by Gasteiger charge is -2.13. The van der Waals surface area contributed by atoms with Crippen molar-refractivity contribution in [3.63, 3.8) is 0 Å². The summed E-state index contributed by atoms with van der Waals surface area (Å²) in [6.07, 6.45) is 0.798. The van der Waals surface area contributed by atoms with E-state index in [2.05, 4.69) is 10.4 Å². The number of halogens is 1. The van der Waals surface area contributed by atoms with Crippen molar-refractivity contribution >= 4 is 16.6 Å². The van der Waals surface area contributed by atoms with Crippen LogP contribution in [0.1, 0.15) is 23.7 Å². The highest BCUT2D eigenvalue weighted by atomic mass is 19.1. The van der Waals surface area contributed by atoms with E-state index in [0.29, 0.717) is 11.1 Å². The van der Waals surface area contributed by atoms with E-state index in [-0.39, 0.29) is 5.82 Å². The molecule has 0 aliphatic carbocycles. The van der Waals surface area contributed by atoms with Gasteiger partial charge in [0.1, 0.15) is 5.82 Å². The second-order valence-corrected chi connectivity index (χ2v) is 4.17. The Kier molecular flexibility index (Phi) is 2.98. The van der Waals surface area contributed by atoms with Gasteiger partial charge >= 0.3 is 0 Å². The van der Waals surface area contributed by atoms with Gasteiger partial charge in [-0.1, -0.05) is 6.92 Å². The molecule has 2 aromatic rings. The summed E-state index contributed by atoms with van der Waals surface area (Å²) in [5, 5.41) is 0.862. The van der Waals surface area contributed by atoms with Gasteiger partial charge in [-0.05, 0) is 37.5 Å². The maximum absolute atomic E-state index is 13.5. The maximum atomic E-state index is 13.5. The van der Waals surface area contributed by atoms with Gasteiger partial charge in [-0.15, -0.1) is 0 Å². The number of rotatable bonds is 2. The van der Waals surface area contributed by atoms with Crippen LogP contribution in [0.2, 0.25) is 0 Å². The zero-order valence-electron chi connectivity index (χ0n) is 10.3. The Bertz CT molecular complexity index is 579. The topological polar surface area (TPSA) is 50.9 Å². The monoisotopic (exact) mass is 233 g/mol. The number of hydrogen-bond acceptors (Lipinski definition) is 3. The van der Waals surface area contributed by atoms with Crippen molar-refractivity contribution in [3.8, 4) is 0 Å². The summed E-state index contributed by atoms with van der Waals surface area (Å²) in [7, 11) is 0. The number of aryl methyl sites for hydroxylation is 2. The summed E-state index contributed by atoms with van der Waals surface area (Å²) in [5.74, 6) is 5.32. The average molecular weight is 233 g/mol. The number of fused-ring (bicyclic) bond motifs is 1. The van der Waals surface area contributed by atoms with Gasteiger partial charge in [-0.25, -0.2) is 4.39 Å². The Hall–Kier alpha value is -1.68.